The maximum atomic E-state index is 3.74. The fraction of sp³-hybridized carbons (Fsp3) is 0.600. The van der Waals surface area contributed by atoms with E-state index < -0.39 is 0 Å². The third-order valence-electron chi connectivity index (χ3n) is 4.25. The van der Waals surface area contributed by atoms with E-state index in [0.29, 0.717) is 5.41 Å². The number of hydrogen-bond acceptors (Lipinski definition) is 1. The van der Waals surface area contributed by atoms with Gasteiger partial charge in [0.05, 0.1) is 0 Å². The zero-order valence-corrected chi connectivity index (χ0v) is 9.91. The second kappa shape index (κ2) is 4.21. The molecule has 0 aromatic heterocycles. The van der Waals surface area contributed by atoms with Crippen LogP contribution in [0.25, 0.3) is 0 Å². The monoisotopic (exact) mass is 215 g/mol. The first-order valence-electron chi connectivity index (χ1n) is 6.64. The van der Waals surface area contributed by atoms with Gasteiger partial charge in [-0.2, -0.15) is 0 Å². The molecular weight excluding hydrogens is 194 g/mol. The molecule has 3 rings (SSSR count). The standard InChI is InChI=1S/C15H21N/c1-2-5-13(6-3-1)11-15(9-10-15)12-16-14-7-4-8-14/h1-3,5-6,14,16H,4,7-12H2. The van der Waals surface area contributed by atoms with Crippen molar-refractivity contribution in [1.29, 1.82) is 0 Å². The molecule has 0 heterocycles. The van der Waals surface area contributed by atoms with Gasteiger partial charge in [-0.25, -0.2) is 0 Å². The van der Waals surface area contributed by atoms with Crippen molar-refractivity contribution in [3.05, 3.63) is 35.9 Å². The number of rotatable bonds is 5. The van der Waals surface area contributed by atoms with E-state index in [9.17, 15) is 0 Å². The molecule has 0 aliphatic heterocycles. The molecule has 1 nitrogen and oxygen atoms in total. The molecule has 0 radical (unpaired) electrons. The van der Waals surface area contributed by atoms with Crippen LogP contribution in [-0.4, -0.2) is 12.6 Å². The molecule has 0 unspecified atom stereocenters. The van der Waals surface area contributed by atoms with Gasteiger partial charge in [0.25, 0.3) is 0 Å². The second-order valence-electron chi connectivity index (χ2n) is 5.67. The molecule has 2 aliphatic rings. The molecule has 86 valence electrons. The van der Waals surface area contributed by atoms with Crippen LogP contribution < -0.4 is 5.32 Å². The Morgan fingerprint density at radius 3 is 2.44 bits per heavy atom. The molecule has 2 fully saturated rings. The van der Waals surface area contributed by atoms with E-state index in [2.05, 4.69) is 35.6 Å². The van der Waals surface area contributed by atoms with Crippen molar-refractivity contribution in [1.82, 2.24) is 5.32 Å². The van der Waals surface area contributed by atoms with E-state index in [1.54, 1.807) is 0 Å². The van der Waals surface area contributed by atoms with Crippen LogP contribution in [0.1, 0.15) is 37.7 Å². The lowest BCUT2D eigenvalue weighted by molar-refractivity contribution is 0.307. The Hall–Kier alpha value is -0.820. The summed E-state index contributed by atoms with van der Waals surface area (Å²) in [6.45, 7) is 1.24. The Labute approximate surface area is 98.3 Å². The number of hydrogen-bond donors (Lipinski definition) is 1. The quantitative estimate of drug-likeness (QED) is 0.795. The summed E-state index contributed by atoms with van der Waals surface area (Å²) in [6.07, 6.45) is 8.35. The van der Waals surface area contributed by atoms with Crippen LogP contribution >= 0.6 is 0 Å². The Bertz CT molecular complexity index is 336. The fourth-order valence-corrected chi connectivity index (χ4v) is 2.59. The van der Waals surface area contributed by atoms with Gasteiger partial charge >= 0.3 is 0 Å². The average molecular weight is 215 g/mol. The lowest BCUT2D eigenvalue weighted by Crippen LogP contribution is -2.39. The first-order valence-corrected chi connectivity index (χ1v) is 6.64. The van der Waals surface area contributed by atoms with Crippen LogP contribution in [0.3, 0.4) is 0 Å². The minimum Gasteiger partial charge on any atom is -0.313 e. The van der Waals surface area contributed by atoms with Gasteiger partial charge in [-0.3, -0.25) is 0 Å². The summed E-state index contributed by atoms with van der Waals surface area (Å²) in [5, 5.41) is 3.74. The molecule has 0 amide bonds. The molecule has 16 heavy (non-hydrogen) atoms. The van der Waals surface area contributed by atoms with Crippen LogP contribution in [0, 0.1) is 5.41 Å². The highest BCUT2D eigenvalue weighted by Crippen LogP contribution is 2.48. The summed E-state index contributed by atoms with van der Waals surface area (Å²) >= 11 is 0. The Morgan fingerprint density at radius 2 is 1.88 bits per heavy atom. The molecule has 2 aliphatic carbocycles. The van der Waals surface area contributed by atoms with E-state index in [1.807, 2.05) is 0 Å². The van der Waals surface area contributed by atoms with E-state index in [1.165, 1.54) is 50.6 Å². The van der Waals surface area contributed by atoms with E-state index in [-0.39, 0.29) is 0 Å². The predicted molar refractivity (Wildman–Crippen MR) is 67.5 cm³/mol. The zero-order chi connectivity index (χ0) is 10.8. The Kier molecular flexibility index (Phi) is 2.72. The third-order valence-corrected chi connectivity index (χ3v) is 4.25. The number of nitrogens with one attached hydrogen (secondary N) is 1. The van der Waals surface area contributed by atoms with Gasteiger partial charge < -0.3 is 5.32 Å². The minimum absolute atomic E-state index is 0.608. The highest BCUT2D eigenvalue weighted by atomic mass is 14.9. The third kappa shape index (κ3) is 2.30. The minimum atomic E-state index is 0.608. The first kappa shape index (κ1) is 10.3. The molecule has 0 saturated heterocycles. The SMILES string of the molecule is c1ccc(CC2(CNC3CCC3)CC2)cc1. The van der Waals surface area contributed by atoms with Gasteiger partial charge in [0.1, 0.15) is 0 Å². The fourth-order valence-electron chi connectivity index (χ4n) is 2.59. The largest absolute Gasteiger partial charge is 0.313 e. The average Bonchev–Trinajstić information content (AvgIpc) is 2.97. The topological polar surface area (TPSA) is 12.0 Å². The Balaban J connectivity index is 1.53. The van der Waals surface area contributed by atoms with Gasteiger partial charge in [-0.05, 0) is 43.1 Å². The highest BCUT2D eigenvalue weighted by Gasteiger charge is 2.42. The van der Waals surface area contributed by atoms with Crippen molar-refractivity contribution in [3.63, 3.8) is 0 Å². The van der Waals surface area contributed by atoms with Gasteiger partial charge in [-0.15, -0.1) is 0 Å². The summed E-state index contributed by atoms with van der Waals surface area (Å²) in [4.78, 5) is 0. The maximum Gasteiger partial charge on any atom is 0.00673 e. The van der Waals surface area contributed by atoms with Crippen LogP contribution in [-0.2, 0) is 6.42 Å². The molecule has 1 N–H and O–H groups in total. The lowest BCUT2D eigenvalue weighted by Gasteiger charge is -2.29. The van der Waals surface area contributed by atoms with E-state index in [0.717, 1.165) is 6.04 Å². The van der Waals surface area contributed by atoms with Crippen LogP contribution in [0.15, 0.2) is 30.3 Å². The molecule has 1 heteroatoms. The maximum absolute atomic E-state index is 3.74. The van der Waals surface area contributed by atoms with Crippen molar-refractivity contribution in [2.75, 3.05) is 6.54 Å². The first-order chi connectivity index (χ1) is 7.86. The van der Waals surface area contributed by atoms with E-state index in [4.69, 9.17) is 0 Å². The van der Waals surface area contributed by atoms with Gasteiger partial charge in [-0.1, -0.05) is 36.8 Å². The van der Waals surface area contributed by atoms with Crippen LogP contribution in [0.5, 0.6) is 0 Å². The summed E-state index contributed by atoms with van der Waals surface area (Å²) < 4.78 is 0. The van der Waals surface area contributed by atoms with Crippen molar-refractivity contribution in [2.45, 2.75) is 44.6 Å². The van der Waals surface area contributed by atoms with Gasteiger partial charge in [0, 0.05) is 12.6 Å². The second-order valence-corrected chi connectivity index (χ2v) is 5.67. The predicted octanol–water partition coefficient (Wildman–Crippen LogP) is 3.15. The lowest BCUT2D eigenvalue weighted by atomic mass is 9.91. The summed E-state index contributed by atoms with van der Waals surface area (Å²) in [5.74, 6) is 0. The summed E-state index contributed by atoms with van der Waals surface area (Å²) in [7, 11) is 0. The van der Waals surface area contributed by atoms with Gasteiger partial charge in [0.2, 0.25) is 0 Å². The van der Waals surface area contributed by atoms with Crippen molar-refractivity contribution >= 4 is 0 Å². The zero-order valence-electron chi connectivity index (χ0n) is 9.91. The van der Waals surface area contributed by atoms with Crippen molar-refractivity contribution in [3.8, 4) is 0 Å². The molecule has 0 bridgehead atoms. The van der Waals surface area contributed by atoms with Crippen LogP contribution in [0.2, 0.25) is 0 Å². The molecule has 0 atom stereocenters. The van der Waals surface area contributed by atoms with E-state index >= 15 is 0 Å². The molecule has 2 saturated carbocycles. The normalized spacial score (nSPS) is 22.8. The summed E-state index contributed by atoms with van der Waals surface area (Å²) in [6, 6.07) is 11.8. The molecule has 0 spiro atoms. The van der Waals surface area contributed by atoms with Gasteiger partial charge in [0.15, 0.2) is 0 Å². The van der Waals surface area contributed by atoms with Crippen LogP contribution in [0.4, 0.5) is 0 Å². The smallest absolute Gasteiger partial charge is 0.00673 e. The summed E-state index contributed by atoms with van der Waals surface area (Å²) in [5.41, 5.74) is 2.12. The van der Waals surface area contributed by atoms with Crippen molar-refractivity contribution in [2.24, 2.45) is 5.41 Å². The molecule has 1 aromatic rings. The highest BCUT2D eigenvalue weighted by molar-refractivity contribution is 5.19. The molecular formula is C15H21N. The molecule has 1 aromatic carbocycles. The Morgan fingerprint density at radius 1 is 1.12 bits per heavy atom. The number of benzene rings is 1. The van der Waals surface area contributed by atoms with Crippen molar-refractivity contribution < 1.29 is 0 Å².